The fourth-order valence-corrected chi connectivity index (χ4v) is 4.28. The summed E-state index contributed by atoms with van der Waals surface area (Å²) in [5.41, 5.74) is 2.35. The van der Waals surface area contributed by atoms with Crippen LogP contribution in [0, 0.1) is 11.3 Å². The third kappa shape index (κ3) is 3.44. The van der Waals surface area contributed by atoms with Gasteiger partial charge in [0.25, 0.3) is 5.91 Å². The van der Waals surface area contributed by atoms with Gasteiger partial charge in [0.1, 0.15) is 16.8 Å². The Morgan fingerprint density at radius 3 is 2.54 bits per heavy atom. The molecular weight excluding hydrogens is 320 g/mol. The maximum atomic E-state index is 12.5. The van der Waals surface area contributed by atoms with Crippen molar-refractivity contribution in [2.45, 2.75) is 38.5 Å². The second-order valence-corrected chi connectivity index (χ2v) is 7.02. The molecule has 1 heterocycles. The Kier molecular flexibility index (Phi) is 5.17. The predicted molar refractivity (Wildman–Crippen MR) is 95.9 cm³/mol. The summed E-state index contributed by atoms with van der Waals surface area (Å²) in [5.74, 6) is 0.520. The first-order valence-corrected chi connectivity index (χ1v) is 9.04. The average Bonchev–Trinajstić information content (AvgIpc) is 2.90. The number of benzene rings is 1. The fraction of sp³-hybridized carbons (Fsp3) is 0.368. The van der Waals surface area contributed by atoms with Gasteiger partial charge in [-0.3, -0.25) is 4.79 Å². The van der Waals surface area contributed by atoms with Crippen LogP contribution in [0.1, 0.15) is 52.0 Å². The Morgan fingerprint density at radius 2 is 1.88 bits per heavy atom. The summed E-state index contributed by atoms with van der Waals surface area (Å²) in [5, 5.41) is 13.2. The Bertz CT molecular complexity index is 772. The summed E-state index contributed by atoms with van der Waals surface area (Å²) < 4.78 is 5.11. The van der Waals surface area contributed by atoms with E-state index in [-0.39, 0.29) is 5.91 Å². The molecule has 0 saturated carbocycles. The van der Waals surface area contributed by atoms with E-state index >= 15 is 0 Å². The molecule has 1 aliphatic rings. The number of hydrogen-bond acceptors (Lipinski definition) is 4. The van der Waals surface area contributed by atoms with Gasteiger partial charge in [-0.1, -0.05) is 12.8 Å². The highest BCUT2D eigenvalue weighted by atomic mass is 32.1. The van der Waals surface area contributed by atoms with Crippen molar-refractivity contribution < 1.29 is 9.53 Å². The number of hydrogen-bond donors (Lipinski definition) is 1. The molecule has 24 heavy (non-hydrogen) atoms. The number of nitrogens with one attached hydrogen (secondary N) is 1. The Balaban J connectivity index is 1.84. The number of fused-ring (bicyclic) bond motifs is 1. The van der Waals surface area contributed by atoms with Crippen molar-refractivity contribution >= 4 is 22.2 Å². The number of rotatable bonds is 3. The van der Waals surface area contributed by atoms with E-state index in [9.17, 15) is 10.1 Å². The number of nitriles is 1. The molecular formula is C19H20N2O2S. The Hall–Kier alpha value is -2.32. The number of carbonyl (C=O) groups is 1. The quantitative estimate of drug-likeness (QED) is 0.892. The van der Waals surface area contributed by atoms with Crippen LogP contribution in [0.15, 0.2) is 24.3 Å². The van der Waals surface area contributed by atoms with Crippen LogP contribution in [0.5, 0.6) is 5.75 Å². The van der Waals surface area contributed by atoms with Crippen LogP contribution in [0.2, 0.25) is 0 Å². The lowest BCUT2D eigenvalue weighted by Crippen LogP contribution is -2.11. The summed E-state index contributed by atoms with van der Waals surface area (Å²) in [6.45, 7) is 0. The van der Waals surface area contributed by atoms with Gasteiger partial charge in [0.15, 0.2) is 0 Å². The number of anilines is 1. The maximum Gasteiger partial charge on any atom is 0.256 e. The highest BCUT2D eigenvalue weighted by Gasteiger charge is 2.20. The van der Waals surface area contributed by atoms with Crippen molar-refractivity contribution in [3.05, 3.63) is 45.8 Å². The number of methoxy groups -OCH3 is 1. The molecule has 0 radical (unpaired) electrons. The van der Waals surface area contributed by atoms with Gasteiger partial charge < -0.3 is 10.1 Å². The lowest BCUT2D eigenvalue weighted by atomic mass is 9.97. The van der Waals surface area contributed by atoms with Gasteiger partial charge in [0.05, 0.1) is 12.7 Å². The second-order valence-electron chi connectivity index (χ2n) is 5.92. The van der Waals surface area contributed by atoms with Crippen LogP contribution in [0.25, 0.3) is 0 Å². The summed E-state index contributed by atoms with van der Waals surface area (Å²) in [7, 11) is 1.59. The first-order chi connectivity index (χ1) is 11.7. The van der Waals surface area contributed by atoms with Crippen molar-refractivity contribution in [1.29, 1.82) is 5.26 Å². The highest BCUT2D eigenvalue weighted by molar-refractivity contribution is 7.16. The molecule has 0 atom stereocenters. The molecule has 1 aliphatic carbocycles. The molecule has 0 saturated heterocycles. The number of carbonyl (C=O) groups excluding carboxylic acids is 1. The Labute approximate surface area is 146 Å². The number of nitrogens with zero attached hydrogens (tertiary/aromatic N) is 1. The van der Waals surface area contributed by atoms with Crippen LogP contribution >= 0.6 is 11.3 Å². The molecule has 1 aromatic carbocycles. The monoisotopic (exact) mass is 340 g/mol. The van der Waals surface area contributed by atoms with E-state index in [0.29, 0.717) is 21.9 Å². The summed E-state index contributed by atoms with van der Waals surface area (Å²) in [4.78, 5) is 13.7. The van der Waals surface area contributed by atoms with Crippen molar-refractivity contribution in [3.63, 3.8) is 0 Å². The van der Waals surface area contributed by atoms with Gasteiger partial charge in [0.2, 0.25) is 0 Å². The number of thiophene rings is 1. The summed E-state index contributed by atoms with van der Waals surface area (Å²) >= 11 is 1.56. The molecule has 1 N–H and O–H groups in total. The SMILES string of the molecule is COc1ccc(C(=O)Nc2sc3c(c2C#N)CCCCCC3)cc1. The number of ether oxygens (including phenoxy) is 1. The first-order valence-electron chi connectivity index (χ1n) is 8.23. The molecule has 3 rings (SSSR count). The van der Waals surface area contributed by atoms with Crippen molar-refractivity contribution in [2.24, 2.45) is 0 Å². The third-order valence-corrected chi connectivity index (χ3v) is 5.57. The van der Waals surface area contributed by atoms with Crippen LogP contribution < -0.4 is 10.1 Å². The molecule has 1 aromatic heterocycles. The van der Waals surface area contributed by atoms with E-state index in [1.807, 2.05) is 0 Å². The van der Waals surface area contributed by atoms with Crippen LogP contribution in [-0.4, -0.2) is 13.0 Å². The van der Waals surface area contributed by atoms with Crippen LogP contribution in [0.3, 0.4) is 0 Å². The minimum atomic E-state index is -0.191. The lowest BCUT2D eigenvalue weighted by molar-refractivity contribution is 0.102. The minimum absolute atomic E-state index is 0.191. The van der Waals surface area contributed by atoms with Crippen molar-refractivity contribution in [1.82, 2.24) is 0 Å². The molecule has 0 spiro atoms. The van der Waals surface area contributed by atoms with E-state index in [1.165, 1.54) is 17.7 Å². The second kappa shape index (κ2) is 7.50. The maximum absolute atomic E-state index is 12.5. The van der Waals surface area contributed by atoms with Crippen molar-refractivity contribution in [3.8, 4) is 11.8 Å². The van der Waals surface area contributed by atoms with Gasteiger partial charge in [-0.05, 0) is 55.5 Å². The average molecular weight is 340 g/mol. The van der Waals surface area contributed by atoms with Gasteiger partial charge >= 0.3 is 0 Å². The molecule has 0 aliphatic heterocycles. The van der Waals surface area contributed by atoms with Gasteiger partial charge in [-0.15, -0.1) is 11.3 Å². The van der Waals surface area contributed by atoms with Gasteiger partial charge in [0, 0.05) is 10.4 Å². The molecule has 0 unspecified atom stereocenters. The molecule has 0 bridgehead atoms. The van der Waals surface area contributed by atoms with Crippen LogP contribution in [0.4, 0.5) is 5.00 Å². The molecule has 1 amide bonds. The zero-order valence-electron chi connectivity index (χ0n) is 13.7. The molecule has 0 fully saturated rings. The number of aryl methyl sites for hydroxylation is 1. The smallest absolute Gasteiger partial charge is 0.256 e. The zero-order valence-corrected chi connectivity index (χ0v) is 14.5. The molecule has 124 valence electrons. The normalized spacial score (nSPS) is 14.0. The molecule has 4 nitrogen and oxygen atoms in total. The standard InChI is InChI=1S/C19H20N2O2S/c1-23-14-10-8-13(9-11-14)18(22)21-19-16(12-20)15-6-4-2-3-5-7-17(15)24-19/h8-11H,2-7H2,1H3,(H,21,22). The highest BCUT2D eigenvalue weighted by Crippen LogP contribution is 2.36. The van der Waals surface area contributed by atoms with E-state index in [2.05, 4.69) is 11.4 Å². The van der Waals surface area contributed by atoms with E-state index in [1.54, 1.807) is 42.7 Å². The van der Waals surface area contributed by atoms with Gasteiger partial charge in [-0.25, -0.2) is 0 Å². The minimum Gasteiger partial charge on any atom is -0.497 e. The van der Waals surface area contributed by atoms with E-state index < -0.39 is 0 Å². The molecule has 5 heteroatoms. The Morgan fingerprint density at radius 1 is 1.17 bits per heavy atom. The van der Waals surface area contributed by atoms with Crippen LogP contribution in [-0.2, 0) is 12.8 Å². The summed E-state index contributed by atoms with van der Waals surface area (Å²) in [6.07, 6.45) is 6.68. The predicted octanol–water partition coefficient (Wildman–Crippen LogP) is 4.54. The van der Waals surface area contributed by atoms with E-state index in [0.717, 1.165) is 31.2 Å². The number of amides is 1. The first kappa shape index (κ1) is 16.5. The third-order valence-electron chi connectivity index (χ3n) is 4.36. The zero-order chi connectivity index (χ0) is 16.9. The molecule has 2 aromatic rings. The summed E-state index contributed by atoms with van der Waals surface area (Å²) in [6, 6.07) is 9.27. The van der Waals surface area contributed by atoms with Gasteiger partial charge in [-0.2, -0.15) is 5.26 Å². The fourth-order valence-electron chi connectivity index (χ4n) is 3.04. The lowest BCUT2D eigenvalue weighted by Gasteiger charge is -2.08. The topological polar surface area (TPSA) is 62.1 Å². The van der Waals surface area contributed by atoms with E-state index in [4.69, 9.17) is 4.74 Å². The largest absolute Gasteiger partial charge is 0.497 e. The van der Waals surface area contributed by atoms with Crippen molar-refractivity contribution in [2.75, 3.05) is 12.4 Å².